The molecule has 1 aliphatic rings. The van der Waals surface area contributed by atoms with Crippen LogP contribution in [0, 0.1) is 10.1 Å². The third kappa shape index (κ3) is 10.5. The third-order valence-corrected chi connectivity index (χ3v) is 7.02. The number of carbonyl (C=O) groups is 1. The van der Waals surface area contributed by atoms with Gasteiger partial charge in [0.1, 0.15) is 6.61 Å². The number of benzene rings is 1. The maximum atomic E-state index is 13.3. The first kappa shape index (κ1) is 29.0. The fourth-order valence-corrected chi connectivity index (χ4v) is 4.99. The van der Waals surface area contributed by atoms with E-state index in [0.29, 0.717) is 45.9 Å². The summed E-state index contributed by atoms with van der Waals surface area (Å²) in [6.07, 6.45) is 1.10. The second-order valence-electron chi connectivity index (χ2n) is 7.49. The first-order valence-electron chi connectivity index (χ1n) is 11.2. The van der Waals surface area contributed by atoms with Gasteiger partial charge in [-0.2, -0.15) is 4.31 Å². The minimum Gasteiger partial charge on any atom is -0.480 e. The van der Waals surface area contributed by atoms with Crippen molar-refractivity contribution in [2.24, 2.45) is 0 Å². The molecule has 0 aliphatic carbocycles. The van der Waals surface area contributed by atoms with E-state index < -0.39 is 20.9 Å². The normalized spacial score (nSPS) is 14.9. The van der Waals surface area contributed by atoms with Crippen LogP contribution in [0.3, 0.4) is 0 Å². The first-order chi connectivity index (χ1) is 16.8. The molecule has 1 heterocycles. The highest BCUT2D eigenvalue weighted by Gasteiger charge is 2.32. The van der Waals surface area contributed by atoms with Gasteiger partial charge in [0.25, 0.3) is 5.69 Å². The van der Waals surface area contributed by atoms with Gasteiger partial charge in [-0.3, -0.25) is 10.1 Å². The van der Waals surface area contributed by atoms with Gasteiger partial charge >= 0.3 is 5.97 Å². The van der Waals surface area contributed by atoms with Gasteiger partial charge < -0.3 is 28.8 Å². The molecule has 14 heteroatoms. The van der Waals surface area contributed by atoms with Gasteiger partial charge in [-0.05, 0) is 25.0 Å². The lowest BCUT2D eigenvalue weighted by Crippen LogP contribution is -2.45. The monoisotopic (exact) mass is 520 g/mol. The molecule has 0 spiro atoms. The largest absolute Gasteiger partial charge is 0.480 e. The molecule has 0 saturated carbocycles. The van der Waals surface area contributed by atoms with Crippen molar-refractivity contribution in [2.45, 2.75) is 23.8 Å². The van der Waals surface area contributed by atoms with E-state index in [2.05, 4.69) is 0 Å². The van der Waals surface area contributed by atoms with Gasteiger partial charge in [0.05, 0.1) is 56.1 Å². The molecule has 0 unspecified atom stereocenters. The fourth-order valence-electron chi connectivity index (χ4n) is 3.32. The summed E-state index contributed by atoms with van der Waals surface area (Å²) in [4.78, 5) is 20.6. The Morgan fingerprint density at radius 2 is 1.49 bits per heavy atom. The minimum atomic E-state index is -3.88. The molecule has 35 heavy (non-hydrogen) atoms. The molecule has 1 fully saturated rings. The number of carboxylic acids is 1. The quantitative estimate of drug-likeness (QED) is 0.166. The Hall–Kier alpha value is -2.20. The topological polar surface area (TPSA) is 164 Å². The molecular weight excluding hydrogens is 488 g/mol. The molecule has 2 rings (SSSR count). The van der Waals surface area contributed by atoms with Gasteiger partial charge in [-0.15, -0.1) is 0 Å². The molecule has 1 N–H and O–H groups in total. The summed E-state index contributed by atoms with van der Waals surface area (Å²) in [5.41, 5.74) is -0.179. The van der Waals surface area contributed by atoms with E-state index in [4.69, 9.17) is 28.8 Å². The summed E-state index contributed by atoms with van der Waals surface area (Å²) in [6, 6.07) is 4.59. The Morgan fingerprint density at radius 1 is 0.971 bits per heavy atom. The van der Waals surface area contributed by atoms with Crippen LogP contribution in [0.4, 0.5) is 5.69 Å². The minimum absolute atomic E-state index is 0.00807. The average molecular weight is 521 g/mol. The average Bonchev–Trinajstić information content (AvgIpc) is 2.84. The predicted molar refractivity (Wildman–Crippen MR) is 122 cm³/mol. The Morgan fingerprint density at radius 3 is 2.00 bits per heavy atom. The highest BCUT2D eigenvalue weighted by Crippen LogP contribution is 2.25. The predicted octanol–water partition coefficient (Wildman–Crippen LogP) is 0.916. The van der Waals surface area contributed by atoms with Crippen molar-refractivity contribution in [3.05, 3.63) is 34.4 Å². The van der Waals surface area contributed by atoms with Crippen molar-refractivity contribution < 1.29 is 46.9 Å². The van der Waals surface area contributed by atoms with Crippen LogP contribution < -0.4 is 0 Å². The number of ether oxygens (including phenoxy) is 5. The second kappa shape index (κ2) is 15.7. The van der Waals surface area contributed by atoms with Gasteiger partial charge in [0, 0.05) is 37.9 Å². The van der Waals surface area contributed by atoms with E-state index >= 15 is 0 Å². The molecule has 0 amide bonds. The van der Waals surface area contributed by atoms with Crippen molar-refractivity contribution >= 4 is 21.7 Å². The smallest absolute Gasteiger partial charge is 0.329 e. The maximum absolute atomic E-state index is 13.3. The van der Waals surface area contributed by atoms with E-state index in [1.54, 1.807) is 0 Å². The van der Waals surface area contributed by atoms with Crippen molar-refractivity contribution in [3.8, 4) is 0 Å². The Kier molecular flexibility index (Phi) is 13.0. The van der Waals surface area contributed by atoms with E-state index in [-0.39, 0.29) is 56.2 Å². The summed E-state index contributed by atoms with van der Waals surface area (Å²) in [6.45, 7) is 2.49. The van der Waals surface area contributed by atoms with Crippen LogP contribution in [0.5, 0.6) is 0 Å². The van der Waals surface area contributed by atoms with E-state index in [0.717, 1.165) is 0 Å². The zero-order chi connectivity index (χ0) is 25.5. The van der Waals surface area contributed by atoms with Crippen molar-refractivity contribution in [1.82, 2.24) is 4.31 Å². The van der Waals surface area contributed by atoms with Crippen LogP contribution in [0.1, 0.15) is 12.8 Å². The lowest BCUT2D eigenvalue weighted by atomic mass is 10.1. The number of non-ortho nitro benzene ring substituents is 1. The van der Waals surface area contributed by atoms with Crippen LogP contribution in [-0.4, -0.2) is 107 Å². The van der Waals surface area contributed by atoms with Crippen LogP contribution in [-0.2, 0) is 38.5 Å². The number of nitro groups is 1. The van der Waals surface area contributed by atoms with E-state index in [1.165, 1.54) is 28.6 Å². The number of aliphatic carboxylic acids is 1. The standard InChI is InChI=1S/C21H32N2O11S/c24-21(25)17-34-16-15-33-14-13-32-12-11-31-10-7-22(18-5-8-30-9-6-18)35(28,29)20-3-1-19(2-4-20)23(26)27/h1-4,18H,5-17H2,(H,24,25). The number of nitro benzene ring substituents is 1. The molecule has 1 saturated heterocycles. The zero-order valence-corrected chi connectivity index (χ0v) is 20.2. The molecule has 13 nitrogen and oxygen atoms in total. The SMILES string of the molecule is O=C(O)COCCOCCOCCOCCN(C1CCOCC1)S(=O)(=O)c1ccc([N+](=O)[O-])cc1. The number of hydrogen-bond donors (Lipinski definition) is 1. The first-order valence-corrected chi connectivity index (χ1v) is 12.6. The molecule has 198 valence electrons. The van der Waals surface area contributed by atoms with Gasteiger partial charge in [-0.25, -0.2) is 13.2 Å². The van der Waals surface area contributed by atoms with Crippen molar-refractivity contribution in [1.29, 1.82) is 0 Å². The summed E-state index contributed by atoms with van der Waals surface area (Å²) < 4.78 is 54.3. The van der Waals surface area contributed by atoms with Gasteiger partial charge in [-0.1, -0.05) is 0 Å². The number of rotatable bonds is 18. The van der Waals surface area contributed by atoms with E-state index in [9.17, 15) is 23.3 Å². The van der Waals surface area contributed by atoms with Crippen LogP contribution in [0.15, 0.2) is 29.2 Å². The lowest BCUT2D eigenvalue weighted by molar-refractivity contribution is -0.384. The highest BCUT2D eigenvalue weighted by molar-refractivity contribution is 7.89. The van der Waals surface area contributed by atoms with Gasteiger partial charge in [0.2, 0.25) is 10.0 Å². The van der Waals surface area contributed by atoms with Crippen LogP contribution in [0.2, 0.25) is 0 Å². The number of carboxylic acid groups (broad SMARTS) is 1. The van der Waals surface area contributed by atoms with Crippen molar-refractivity contribution in [2.75, 3.05) is 72.6 Å². The van der Waals surface area contributed by atoms with E-state index in [1.807, 2.05) is 0 Å². The number of hydrogen-bond acceptors (Lipinski definition) is 10. The van der Waals surface area contributed by atoms with Crippen LogP contribution in [0.25, 0.3) is 0 Å². The Balaban J connectivity index is 1.73. The summed E-state index contributed by atoms with van der Waals surface area (Å²) in [5.74, 6) is -1.03. The maximum Gasteiger partial charge on any atom is 0.329 e. The molecule has 1 aromatic rings. The summed E-state index contributed by atoms with van der Waals surface area (Å²) >= 11 is 0. The highest BCUT2D eigenvalue weighted by atomic mass is 32.2. The fraction of sp³-hybridized carbons (Fsp3) is 0.667. The Labute approximate surface area is 204 Å². The summed E-state index contributed by atoms with van der Waals surface area (Å²) in [7, 11) is -3.88. The number of sulfonamides is 1. The second-order valence-corrected chi connectivity index (χ2v) is 9.38. The Bertz CT molecular complexity index is 874. The van der Waals surface area contributed by atoms with Gasteiger partial charge in [0.15, 0.2) is 0 Å². The van der Waals surface area contributed by atoms with Crippen molar-refractivity contribution in [3.63, 3.8) is 0 Å². The molecule has 0 aromatic heterocycles. The molecule has 1 aromatic carbocycles. The molecule has 0 bridgehead atoms. The molecular formula is C21H32N2O11S. The number of nitrogens with zero attached hydrogens (tertiary/aromatic N) is 2. The third-order valence-electron chi connectivity index (χ3n) is 5.05. The molecule has 1 aliphatic heterocycles. The zero-order valence-electron chi connectivity index (χ0n) is 19.4. The summed E-state index contributed by atoms with van der Waals surface area (Å²) in [5, 5.41) is 19.3. The van der Waals surface area contributed by atoms with Crippen LogP contribution >= 0.6 is 0 Å². The lowest BCUT2D eigenvalue weighted by Gasteiger charge is -2.33. The molecule has 0 atom stereocenters. The molecule has 0 radical (unpaired) electrons.